The van der Waals surface area contributed by atoms with Crippen molar-refractivity contribution in [1.29, 1.82) is 0 Å². The predicted octanol–water partition coefficient (Wildman–Crippen LogP) is 1.57. The van der Waals surface area contributed by atoms with E-state index in [9.17, 15) is 4.79 Å². The number of para-hydroxylation sites is 1. The maximum atomic E-state index is 12.5. The summed E-state index contributed by atoms with van der Waals surface area (Å²) in [5.74, 6) is 1.41. The highest BCUT2D eigenvalue weighted by Crippen LogP contribution is 2.41. The molecule has 0 N–H and O–H groups in total. The Labute approximate surface area is 149 Å². The van der Waals surface area contributed by atoms with E-state index in [0.29, 0.717) is 25.4 Å². The van der Waals surface area contributed by atoms with Gasteiger partial charge in [0.1, 0.15) is 5.60 Å². The van der Waals surface area contributed by atoms with E-state index in [4.69, 9.17) is 14.2 Å². The van der Waals surface area contributed by atoms with Crippen LogP contribution in [0.3, 0.4) is 0 Å². The quantitative estimate of drug-likeness (QED) is 0.808. The molecule has 2 heterocycles. The van der Waals surface area contributed by atoms with Gasteiger partial charge >= 0.3 is 0 Å². The van der Waals surface area contributed by atoms with E-state index in [1.165, 1.54) is 0 Å². The lowest BCUT2D eigenvalue weighted by Crippen LogP contribution is -2.50. The minimum atomic E-state index is -0.227. The fourth-order valence-corrected chi connectivity index (χ4v) is 3.40. The van der Waals surface area contributed by atoms with Gasteiger partial charge in [-0.05, 0) is 34.0 Å². The zero-order valence-electron chi connectivity index (χ0n) is 15.6. The Hall–Kier alpha value is -1.79. The molecule has 2 aliphatic rings. The highest BCUT2D eigenvalue weighted by Gasteiger charge is 2.32. The molecule has 1 saturated heterocycles. The lowest BCUT2D eigenvalue weighted by molar-refractivity contribution is -0.141. The van der Waals surface area contributed by atoms with Crippen molar-refractivity contribution >= 4 is 5.91 Å². The van der Waals surface area contributed by atoms with Gasteiger partial charge in [0.05, 0.1) is 12.7 Å². The van der Waals surface area contributed by atoms with Crippen LogP contribution in [0, 0.1) is 0 Å². The fourth-order valence-electron chi connectivity index (χ4n) is 3.40. The average molecular weight is 348 g/mol. The second-order valence-electron chi connectivity index (χ2n) is 7.67. The van der Waals surface area contributed by atoms with Gasteiger partial charge in [-0.15, -0.1) is 0 Å². The minimum absolute atomic E-state index is 0.0121. The zero-order chi connectivity index (χ0) is 18.0. The summed E-state index contributed by atoms with van der Waals surface area (Å²) < 4.78 is 17.5. The van der Waals surface area contributed by atoms with Crippen LogP contribution in [0.5, 0.6) is 11.5 Å². The molecule has 6 nitrogen and oxygen atoms in total. The first-order valence-electron chi connectivity index (χ1n) is 8.82. The number of hydrogen-bond donors (Lipinski definition) is 0. The number of ether oxygens (including phenoxy) is 3. The number of carbonyl (C=O) groups excluding carboxylic acids is 1. The molecule has 1 atom stereocenters. The van der Waals surface area contributed by atoms with Crippen LogP contribution in [0.4, 0.5) is 0 Å². The summed E-state index contributed by atoms with van der Waals surface area (Å²) >= 11 is 0. The van der Waals surface area contributed by atoms with Gasteiger partial charge in [-0.3, -0.25) is 4.79 Å². The second-order valence-corrected chi connectivity index (χ2v) is 7.67. The minimum Gasteiger partial charge on any atom is -0.483 e. The third kappa shape index (κ3) is 4.44. The van der Waals surface area contributed by atoms with Crippen molar-refractivity contribution in [3.63, 3.8) is 0 Å². The van der Waals surface area contributed by atoms with Gasteiger partial charge in [0.25, 0.3) is 5.91 Å². The van der Waals surface area contributed by atoms with Crippen LogP contribution in [0.1, 0.15) is 19.4 Å². The molecule has 25 heavy (non-hydrogen) atoms. The van der Waals surface area contributed by atoms with Crippen molar-refractivity contribution in [3.8, 4) is 11.5 Å². The van der Waals surface area contributed by atoms with Crippen LogP contribution < -0.4 is 9.47 Å². The number of amides is 1. The van der Waals surface area contributed by atoms with Gasteiger partial charge in [-0.25, -0.2) is 0 Å². The molecule has 0 saturated carbocycles. The summed E-state index contributed by atoms with van der Waals surface area (Å²) in [4.78, 5) is 16.4. The summed E-state index contributed by atoms with van der Waals surface area (Å²) in [5.41, 5.74) is 0.905. The lowest BCUT2D eigenvalue weighted by Gasteiger charge is -2.34. The third-order valence-corrected chi connectivity index (χ3v) is 4.47. The van der Waals surface area contributed by atoms with Crippen molar-refractivity contribution in [3.05, 3.63) is 23.8 Å². The molecule has 1 aromatic carbocycles. The van der Waals surface area contributed by atoms with Crippen LogP contribution in [-0.2, 0) is 16.0 Å². The molecule has 1 aromatic rings. The molecule has 1 unspecified atom stereocenters. The maximum absolute atomic E-state index is 12.5. The number of likely N-dealkylation sites (N-methyl/N-ethyl adjacent to an activating group) is 1. The maximum Gasteiger partial charge on any atom is 0.260 e. The Morgan fingerprint density at radius 1 is 1.40 bits per heavy atom. The number of rotatable bonds is 5. The van der Waals surface area contributed by atoms with Crippen molar-refractivity contribution < 1.29 is 19.0 Å². The number of morpholine rings is 1. The van der Waals surface area contributed by atoms with Gasteiger partial charge in [0.15, 0.2) is 18.1 Å². The Balaban J connectivity index is 1.58. The summed E-state index contributed by atoms with van der Waals surface area (Å²) in [5, 5.41) is 0. The van der Waals surface area contributed by atoms with Gasteiger partial charge in [0, 0.05) is 31.6 Å². The molecule has 0 bridgehead atoms. The molecule has 0 aliphatic carbocycles. The molecule has 0 spiro atoms. The smallest absolute Gasteiger partial charge is 0.260 e. The first-order valence-corrected chi connectivity index (χ1v) is 8.82. The van der Waals surface area contributed by atoms with E-state index < -0.39 is 0 Å². The number of nitrogens with zero attached hydrogens (tertiary/aromatic N) is 2. The van der Waals surface area contributed by atoms with Gasteiger partial charge in [0.2, 0.25) is 0 Å². The third-order valence-electron chi connectivity index (χ3n) is 4.47. The number of benzene rings is 1. The van der Waals surface area contributed by atoms with Gasteiger partial charge < -0.3 is 24.0 Å². The Morgan fingerprint density at radius 3 is 2.96 bits per heavy atom. The molecule has 1 amide bonds. The van der Waals surface area contributed by atoms with Crippen LogP contribution >= 0.6 is 0 Å². The first-order chi connectivity index (χ1) is 11.8. The van der Waals surface area contributed by atoms with E-state index in [-0.39, 0.29) is 24.2 Å². The normalized spacial score (nSPS) is 21.8. The second kappa shape index (κ2) is 7.22. The Kier molecular flexibility index (Phi) is 5.20. The van der Waals surface area contributed by atoms with Crippen molar-refractivity contribution in [1.82, 2.24) is 9.80 Å². The molecule has 138 valence electrons. The van der Waals surface area contributed by atoms with Crippen LogP contribution in [0.25, 0.3) is 0 Å². The average Bonchev–Trinajstić information content (AvgIpc) is 2.86. The van der Waals surface area contributed by atoms with E-state index in [1.54, 1.807) is 0 Å². The summed E-state index contributed by atoms with van der Waals surface area (Å²) in [6.45, 7) is 6.73. The van der Waals surface area contributed by atoms with Crippen molar-refractivity contribution in [2.75, 3.05) is 46.9 Å². The van der Waals surface area contributed by atoms with Gasteiger partial charge in [-0.2, -0.15) is 0 Å². The molecule has 6 heteroatoms. The van der Waals surface area contributed by atoms with Crippen molar-refractivity contribution in [2.24, 2.45) is 0 Å². The largest absolute Gasteiger partial charge is 0.483 e. The molecule has 0 aromatic heterocycles. The molecule has 3 rings (SSSR count). The van der Waals surface area contributed by atoms with E-state index in [1.807, 2.05) is 37.2 Å². The SMILES string of the molecule is CN(C)CC1CN(C(=O)COc2cccc3c2OC(C)(C)C3)CCO1. The van der Waals surface area contributed by atoms with Crippen LogP contribution in [-0.4, -0.2) is 74.4 Å². The fraction of sp³-hybridized carbons (Fsp3) is 0.632. The molecule has 1 fully saturated rings. The van der Waals surface area contributed by atoms with E-state index in [2.05, 4.69) is 18.7 Å². The molecular weight excluding hydrogens is 320 g/mol. The van der Waals surface area contributed by atoms with Crippen LogP contribution in [0.15, 0.2) is 18.2 Å². The highest BCUT2D eigenvalue weighted by molar-refractivity contribution is 5.78. The van der Waals surface area contributed by atoms with Crippen LogP contribution in [0.2, 0.25) is 0 Å². The number of carbonyl (C=O) groups is 1. The molecule has 0 radical (unpaired) electrons. The highest BCUT2D eigenvalue weighted by atomic mass is 16.5. The Bertz CT molecular complexity index is 630. The zero-order valence-corrected chi connectivity index (χ0v) is 15.6. The summed E-state index contributed by atoms with van der Waals surface area (Å²) in [6.07, 6.45) is 0.904. The summed E-state index contributed by atoms with van der Waals surface area (Å²) in [6, 6.07) is 5.86. The number of fused-ring (bicyclic) bond motifs is 1. The van der Waals surface area contributed by atoms with E-state index in [0.717, 1.165) is 24.3 Å². The number of hydrogen-bond acceptors (Lipinski definition) is 5. The topological polar surface area (TPSA) is 51.2 Å². The van der Waals surface area contributed by atoms with Gasteiger partial charge in [-0.1, -0.05) is 12.1 Å². The Morgan fingerprint density at radius 2 is 2.20 bits per heavy atom. The monoisotopic (exact) mass is 348 g/mol. The standard InChI is InChI=1S/C19H28N2O4/c1-19(2)10-14-6-5-7-16(18(14)25-19)24-13-17(22)21-8-9-23-15(12-21)11-20(3)4/h5-7,15H,8-13H2,1-4H3. The predicted molar refractivity (Wildman–Crippen MR) is 95.2 cm³/mol. The lowest BCUT2D eigenvalue weighted by atomic mass is 10.0. The first kappa shape index (κ1) is 18.0. The van der Waals surface area contributed by atoms with E-state index >= 15 is 0 Å². The summed E-state index contributed by atoms with van der Waals surface area (Å²) in [7, 11) is 4.01. The molecule has 2 aliphatic heterocycles. The van der Waals surface area contributed by atoms with Crippen molar-refractivity contribution in [2.45, 2.75) is 32.0 Å². The molecular formula is C19H28N2O4.